The average molecular weight is 319 g/mol. The molecule has 0 spiro atoms. The Balaban J connectivity index is 1.60. The van der Waals surface area contributed by atoms with Gasteiger partial charge in [-0.1, -0.05) is 30.3 Å². The fraction of sp³-hybridized carbons (Fsp3) is 0.412. The molecule has 3 rings (SSSR count). The van der Waals surface area contributed by atoms with E-state index in [-0.39, 0.29) is 0 Å². The number of likely N-dealkylation sites (tertiary alicyclic amines) is 1. The Morgan fingerprint density at radius 2 is 1.73 bits per heavy atom. The molecular weight excluding hydrogens is 296 g/mol. The summed E-state index contributed by atoms with van der Waals surface area (Å²) in [4.78, 5) is 1.95. The van der Waals surface area contributed by atoms with E-state index in [4.69, 9.17) is 0 Å². The number of hydrogen-bond acceptors (Lipinski definition) is 2. The third kappa shape index (κ3) is 3.66. The van der Waals surface area contributed by atoms with Gasteiger partial charge in [-0.3, -0.25) is 0 Å². The summed E-state index contributed by atoms with van der Waals surface area (Å²) >= 11 is 0. The molecule has 22 heavy (non-hydrogen) atoms. The van der Waals surface area contributed by atoms with Gasteiger partial charge < -0.3 is 4.90 Å². The zero-order valence-corrected chi connectivity index (χ0v) is 13.5. The molecule has 1 fully saturated rings. The van der Waals surface area contributed by atoms with Crippen molar-refractivity contribution in [3.05, 3.63) is 42.5 Å². The molecule has 2 aromatic rings. The topological polar surface area (TPSA) is 50.6 Å². The highest BCUT2D eigenvalue weighted by molar-refractivity contribution is 7.89. The van der Waals surface area contributed by atoms with Crippen LogP contribution in [0.4, 0.5) is 0 Å². The summed E-state index contributed by atoms with van der Waals surface area (Å²) in [5, 5.41) is 2.01. The molecule has 0 bridgehead atoms. The number of rotatable bonds is 6. The standard InChI is InChI=1S/C17H22N2O2S/c20-22(21,18-10-5-13-19-11-3-4-12-19)17-9-8-15-6-1-2-7-16(15)14-17/h1-2,6-9,14,18H,3-5,10-13H2/p+1. The molecular formula is C17H23N2O2S+. The van der Waals surface area contributed by atoms with Crippen molar-refractivity contribution in [2.45, 2.75) is 24.2 Å². The number of quaternary nitrogens is 1. The summed E-state index contributed by atoms with van der Waals surface area (Å²) in [6.07, 6.45) is 3.50. The monoisotopic (exact) mass is 319 g/mol. The Bertz CT molecular complexity index is 737. The fourth-order valence-corrected chi connectivity index (χ4v) is 4.20. The first-order chi connectivity index (χ1) is 10.6. The van der Waals surface area contributed by atoms with Gasteiger partial charge in [-0.25, -0.2) is 13.1 Å². The molecule has 1 aliphatic rings. The Morgan fingerprint density at radius 3 is 2.50 bits per heavy atom. The van der Waals surface area contributed by atoms with E-state index in [1.807, 2.05) is 30.3 Å². The summed E-state index contributed by atoms with van der Waals surface area (Å²) in [6, 6.07) is 13.1. The largest absolute Gasteiger partial charge is 0.335 e. The zero-order chi connectivity index (χ0) is 15.4. The van der Waals surface area contributed by atoms with Crippen LogP contribution in [0.2, 0.25) is 0 Å². The van der Waals surface area contributed by atoms with Crippen LogP contribution in [0.1, 0.15) is 19.3 Å². The molecule has 1 saturated heterocycles. The van der Waals surface area contributed by atoms with Gasteiger partial charge in [0, 0.05) is 25.8 Å². The minimum absolute atomic E-state index is 0.347. The van der Waals surface area contributed by atoms with Gasteiger partial charge >= 0.3 is 0 Å². The molecule has 0 radical (unpaired) electrons. The molecule has 1 heterocycles. The van der Waals surface area contributed by atoms with Crippen LogP contribution in [-0.4, -0.2) is 34.6 Å². The van der Waals surface area contributed by atoms with Crippen LogP contribution in [0.5, 0.6) is 0 Å². The number of fused-ring (bicyclic) bond motifs is 1. The van der Waals surface area contributed by atoms with Crippen molar-refractivity contribution in [2.75, 3.05) is 26.2 Å². The lowest BCUT2D eigenvalue weighted by atomic mass is 10.1. The number of sulfonamides is 1. The maximum Gasteiger partial charge on any atom is 0.240 e. The molecule has 118 valence electrons. The SMILES string of the molecule is O=S(=O)(NCCC[NH+]1CCCC1)c1ccc2ccccc2c1. The van der Waals surface area contributed by atoms with Crippen molar-refractivity contribution in [1.82, 2.24) is 4.72 Å². The molecule has 0 aliphatic carbocycles. The molecule has 2 N–H and O–H groups in total. The zero-order valence-electron chi connectivity index (χ0n) is 12.7. The van der Waals surface area contributed by atoms with Gasteiger partial charge in [0.1, 0.15) is 0 Å². The van der Waals surface area contributed by atoms with E-state index in [1.54, 1.807) is 17.0 Å². The highest BCUT2D eigenvalue weighted by Gasteiger charge is 2.16. The fourth-order valence-electron chi connectivity index (χ4n) is 3.09. The summed E-state index contributed by atoms with van der Waals surface area (Å²) in [6.45, 7) is 4.04. The lowest BCUT2D eigenvalue weighted by molar-refractivity contribution is -0.887. The van der Waals surface area contributed by atoms with Crippen molar-refractivity contribution >= 4 is 20.8 Å². The molecule has 4 nitrogen and oxygen atoms in total. The lowest BCUT2D eigenvalue weighted by Crippen LogP contribution is -3.10. The highest BCUT2D eigenvalue weighted by atomic mass is 32.2. The summed E-state index contributed by atoms with van der Waals surface area (Å²) in [7, 11) is -3.41. The summed E-state index contributed by atoms with van der Waals surface area (Å²) in [5.41, 5.74) is 0. The first kappa shape index (κ1) is 15.5. The van der Waals surface area contributed by atoms with Crippen LogP contribution in [0.3, 0.4) is 0 Å². The number of hydrogen-bond donors (Lipinski definition) is 2. The van der Waals surface area contributed by atoms with E-state index >= 15 is 0 Å². The van der Waals surface area contributed by atoms with Crippen molar-refractivity contribution in [1.29, 1.82) is 0 Å². The third-order valence-electron chi connectivity index (χ3n) is 4.34. The smallest absolute Gasteiger partial charge is 0.240 e. The average Bonchev–Trinajstić information content (AvgIpc) is 3.04. The van der Waals surface area contributed by atoms with Gasteiger partial charge in [-0.15, -0.1) is 0 Å². The van der Waals surface area contributed by atoms with Crippen LogP contribution in [-0.2, 0) is 10.0 Å². The van der Waals surface area contributed by atoms with Crippen molar-refractivity contribution < 1.29 is 13.3 Å². The first-order valence-corrected chi connectivity index (χ1v) is 9.45. The molecule has 5 heteroatoms. The quantitative estimate of drug-likeness (QED) is 0.786. The van der Waals surface area contributed by atoms with Crippen molar-refractivity contribution in [3.8, 4) is 0 Å². The van der Waals surface area contributed by atoms with E-state index in [0.29, 0.717) is 11.4 Å². The van der Waals surface area contributed by atoms with E-state index < -0.39 is 10.0 Å². The minimum Gasteiger partial charge on any atom is -0.335 e. The number of benzene rings is 2. The van der Waals surface area contributed by atoms with Crippen LogP contribution in [0, 0.1) is 0 Å². The Hall–Kier alpha value is -1.43. The van der Waals surface area contributed by atoms with Gasteiger partial charge in [0.05, 0.1) is 24.5 Å². The van der Waals surface area contributed by atoms with Crippen LogP contribution in [0.15, 0.2) is 47.4 Å². The second kappa shape index (κ2) is 6.77. The van der Waals surface area contributed by atoms with Gasteiger partial charge in [0.2, 0.25) is 10.0 Å². The molecule has 0 aromatic heterocycles. The first-order valence-electron chi connectivity index (χ1n) is 7.97. The highest BCUT2D eigenvalue weighted by Crippen LogP contribution is 2.18. The number of nitrogens with one attached hydrogen (secondary N) is 2. The van der Waals surface area contributed by atoms with Gasteiger partial charge in [0.15, 0.2) is 0 Å². The molecule has 0 unspecified atom stereocenters. The normalized spacial score (nSPS) is 16.4. The third-order valence-corrected chi connectivity index (χ3v) is 5.80. The molecule has 1 aliphatic heterocycles. The summed E-state index contributed by atoms with van der Waals surface area (Å²) in [5.74, 6) is 0. The Labute approximate surface area is 132 Å². The maximum atomic E-state index is 12.4. The van der Waals surface area contributed by atoms with Crippen LogP contribution in [0.25, 0.3) is 10.8 Å². The predicted octanol–water partition coefficient (Wildman–Crippen LogP) is 1.19. The van der Waals surface area contributed by atoms with Crippen LogP contribution < -0.4 is 9.62 Å². The molecule has 2 aromatic carbocycles. The second-order valence-corrected chi connectivity index (χ2v) is 7.73. The van der Waals surface area contributed by atoms with Crippen molar-refractivity contribution in [2.24, 2.45) is 0 Å². The van der Waals surface area contributed by atoms with Gasteiger partial charge in [0.25, 0.3) is 0 Å². The summed E-state index contributed by atoms with van der Waals surface area (Å²) < 4.78 is 27.4. The Kier molecular flexibility index (Phi) is 4.76. The predicted molar refractivity (Wildman–Crippen MR) is 88.6 cm³/mol. The van der Waals surface area contributed by atoms with Crippen molar-refractivity contribution in [3.63, 3.8) is 0 Å². The second-order valence-electron chi connectivity index (χ2n) is 5.97. The molecule has 0 saturated carbocycles. The van der Waals surface area contributed by atoms with E-state index in [0.717, 1.165) is 23.7 Å². The van der Waals surface area contributed by atoms with Gasteiger partial charge in [-0.05, 0) is 22.9 Å². The Morgan fingerprint density at radius 1 is 1.00 bits per heavy atom. The maximum absolute atomic E-state index is 12.4. The van der Waals surface area contributed by atoms with E-state index in [9.17, 15) is 8.42 Å². The lowest BCUT2D eigenvalue weighted by Gasteiger charge is -2.12. The van der Waals surface area contributed by atoms with Crippen LogP contribution >= 0.6 is 0 Å². The van der Waals surface area contributed by atoms with E-state index in [2.05, 4.69) is 4.72 Å². The van der Waals surface area contributed by atoms with E-state index in [1.165, 1.54) is 25.9 Å². The van der Waals surface area contributed by atoms with Gasteiger partial charge in [-0.2, -0.15) is 0 Å². The minimum atomic E-state index is -3.41. The molecule has 0 amide bonds. The molecule has 0 atom stereocenters.